The van der Waals surface area contributed by atoms with Gasteiger partial charge in [-0.15, -0.1) is 0 Å². The summed E-state index contributed by atoms with van der Waals surface area (Å²) in [6.45, 7) is 5.84. The fraction of sp³-hybridized carbons (Fsp3) is 0.316. The Balaban J connectivity index is 1.67. The monoisotopic (exact) mass is 322 g/mol. The molecule has 1 N–H and O–H groups in total. The van der Waals surface area contributed by atoms with Crippen molar-refractivity contribution in [2.24, 2.45) is 0 Å². The molecule has 1 atom stereocenters. The van der Waals surface area contributed by atoms with E-state index >= 15 is 0 Å². The third-order valence-electron chi connectivity index (χ3n) is 4.18. The highest BCUT2D eigenvalue weighted by atomic mass is 16.1. The van der Waals surface area contributed by atoms with E-state index in [1.807, 2.05) is 45.0 Å². The third kappa shape index (κ3) is 3.45. The van der Waals surface area contributed by atoms with Crippen LogP contribution in [0.5, 0.6) is 0 Å². The zero-order valence-electron chi connectivity index (χ0n) is 14.3. The van der Waals surface area contributed by atoms with Gasteiger partial charge in [0.15, 0.2) is 5.65 Å². The highest BCUT2D eigenvalue weighted by Crippen LogP contribution is 2.12. The lowest BCUT2D eigenvalue weighted by atomic mass is 10.1. The maximum Gasteiger partial charge on any atom is 0.254 e. The van der Waals surface area contributed by atoms with Crippen LogP contribution in [0.4, 0.5) is 0 Å². The fourth-order valence-corrected chi connectivity index (χ4v) is 2.79. The molecule has 24 heavy (non-hydrogen) atoms. The summed E-state index contributed by atoms with van der Waals surface area (Å²) in [4.78, 5) is 16.9. The first-order chi connectivity index (χ1) is 11.5. The molecule has 0 radical (unpaired) electrons. The second-order valence-electron chi connectivity index (χ2n) is 6.21. The molecule has 0 saturated heterocycles. The van der Waals surface area contributed by atoms with Crippen LogP contribution in [0, 0.1) is 13.8 Å². The van der Waals surface area contributed by atoms with Gasteiger partial charge in [-0.1, -0.05) is 30.3 Å². The van der Waals surface area contributed by atoms with Crippen LogP contribution in [0.25, 0.3) is 5.65 Å². The molecule has 5 heteroatoms. The van der Waals surface area contributed by atoms with Crippen LogP contribution < -0.4 is 5.32 Å². The zero-order chi connectivity index (χ0) is 17.1. The highest BCUT2D eigenvalue weighted by Gasteiger charge is 2.15. The zero-order valence-corrected chi connectivity index (χ0v) is 14.3. The second kappa shape index (κ2) is 6.83. The van der Waals surface area contributed by atoms with Crippen LogP contribution in [0.3, 0.4) is 0 Å². The average Bonchev–Trinajstić information content (AvgIpc) is 2.95. The molecule has 0 aliphatic heterocycles. The van der Waals surface area contributed by atoms with Crippen LogP contribution in [-0.2, 0) is 6.42 Å². The lowest BCUT2D eigenvalue weighted by molar-refractivity contribution is 0.0936. The molecular formula is C19H22N4O. The van der Waals surface area contributed by atoms with Crippen LogP contribution >= 0.6 is 0 Å². The number of nitrogens with zero attached hydrogens (tertiary/aromatic N) is 3. The van der Waals surface area contributed by atoms with Gasteiger partial charge in [0.1, 0.15) is 0 Å². The summed E-state index contributed by atoms with van der Waals surface area (Å²) < 4.78 is 1.72. The molecule has 124 valence electrons. The molecule has 5 nitrogen and oxygen atoms in total. The van der Waals surface area contributed by atoms with Crippen LogP contribution in [-0.4, -0.2) is 26.5 Å². The van der Waals surface area contributed by atoms with Crippen LogP contribution in [0.15, 0.2) is 42.6 Å². The first-order valence-corrected chi connectivity index (χ1v) is 8.21. The molecule has 2 heterocycles. The normalized spacial score (nSPS) is 12.3. The van der Waals surface area contributed by atoms with Gasteiger partial charge in [0.2, 0.25) is 0 Å². The van der Waals surface area contributed by atoms with Gasteiger partial charge < -0.3 is 5.32 Å². The lowest BCUT2D eigenvalue weighted by Crippen LogP contribution is -2.33. The topological polar surface area (TPSA) is 59.3 Å². The van der Waals surface area contributed by atoms with Gasteiger partial charge in [-0.2, -0.15) is 5.10 Å². The van der Waals surface area contributed by atoms with E-state index in [-0.39, 0.29) is 11.9 Å². The lowest BCUT2D eigenvalue weighted by Gasteiger charge is -2.15. The van der Waals surface area contributed by atoms with E-state index in [1.165, 1.54) is 5.56 Å². The van der Waals surface area contributed by atoms with Crippen molar-refractivity contribution in [3.05, 3.63) is 65.1 Å². The number of aromatic nitrogens is 3. The van der Waals surface area contributed by atoms with Crippen molar-refractivity contribution in [1.82, 2.24) is 19.9 Å². The van der Waals surface area contributed by atoms with E-state index < -0.39 is 0 Å². The van der Waals surface area contributed by atoms with Gasteiger partial charge >= 0.3 is 0 Å². The van der Waals surface area contributed by atoms with Crippen molar-refractivity contribution < 1.29 is 4.79 Å². The van der Waals surface area contributed by atoms with Gasteiger partial charge in [-0.3, -0.25) is 4.79 Å². The van der Waals surface area contributed by atoms with Gasteiger partial charge in [-0.05, 0) is 39.2 Å². The van der Waals surface area contributed by atoms with E-state index in [4.69, 9.17) is 0 Å². The molecule has 0 spiro atoms. The van der Waals surface area contributed by atoms with E-state index in [0.717, 1.165) is 29.9 Å². The number of carbonyl (C=O) groups is 1. The summed E-state index contributed by atoms with van der Waals surface area (Å²) in [5.74, 6) is -0.101. The molecule has 0 aliphatic rings. The summed E-state index contributed by atoms with van der Waals surface area (Å²) in [6.07, 6.45) is 3.47. The Labute approximate surface area is 141 Å². The Morgan fingerprint density at radius 2 is 2.00 bits per heavy atom. The first kappa shape index (κ1) is 16.2. The Hall–Kier alpha value is -2.69. The number of fused-ring (bicyclic) bond motifs is 1. The smallest absolute Gasteiger partial charge is 0.254 e. The Morgan fingerprint density at radius 3 is 2.75 bits per heavy atom. The summed E-state index contributed by atoms with van der Waals surface area (Å²) >= 11 is 0. The Bertz CT molecular complexity index is 854. The Morgan fingerprint density at radius 1 is 1.25 bits per heavy atom. The number of benzene rings is 1. The van der Waals surface area contributed by atoms with Crippen molar-refractivity contribution >= 4 is 11.6 Å². The van der Waals surface area contributed by atoms with E-state index in [1.54, 1.807) is 10.7 Å². The summed E-state index contributed by atoms with van der Waals surface area (Å²) in [6, 6.07) is 12.3. The summed E-state index contributed by atoms with van der Waals surface area (Å²) in [7, 11) is 0. The number of carbonyl (C=O) groups excluding carboxylic acids is 1. The largest absolute Gasteiger partial charge is 0.349 e. The standard InChI is InChI=1S/C19H22N4O/c1-13(9-10-16-7-5-4-6-8-16)21-19(24)17-12-20-18-11-14(2)22-23(18)15(17)3/h4-8,11-13H,9-10H2,1-3H3,(H,21,24)/t13-/m0/s1. The van der Waals surface area contributed by atoms with Gasteiger partial charge in [-0.25, -0.2) is 9.50 Å². The number of rotatable bonds is 5. The maximum atomic E-state index is 12.5. The number of hydrogen-bond donors (Lipinski definition) is 1. The second-order valence-corrected chi connectivity index (χ2v) is 6.21. The predicted molar refractivity (Wildman–Crippen MR) is 94.2 cm³/mol. The van der Waals surface area contributed by atoms with Gasteiger partial charge in [0, 0.05) is 18.3 Å². The van der Waals surface area contributed by atoms with E-state index in [2.05, 4.69) is 27.5 Å². The van der Waals surface area contributed by atoms with Crippen molar-refractivity contribution in [2.45, 2.75) is 39.7 Å². The number of aryl methyl sites for hydroxylation is 3. The number of amides is 1. The Kier molecular flexibility index (Phi) is 4.60. The van der Waals surface area contributed by atoms with E-state index in [9.17, 15) is 4.79 Å². The minimum absolute atomic E-state index is 0.0900. The minimum Gasteiger partial charge on any atom is -0.349 e. The molecule has 0 saturated carbocycles. The average molecular weight is 322 g/mol. The molecule has 0 bridgehead atoms. The maximum absolute atomic E-state index is 12.5. The summed E-state index contributed by atoms with van der Waals surface area (Å²) in [5, 5.41) is 7.44. The van der Waals surface area contributed by atoms with Crippen molar-refractivity contribution in [3.8, 4) is 0 Å². The molecule has 1 aromatic carbocycles. The van der Waals surface area contributed by atoms with Crippen molar-refractivity contribution in [2.75, 3.05) is 0 Å². The minimum atomic E-state index is -0.101. The van der Waals surface area contributed by atoms with Crippen LogP contribution in [0.2, 0.25) is 0 Å². The number of hydrogen-bond acceptors (Lipinski definition) is 3. The predicted octanol–water partition coefficient (Wildman–Crippen LogP) is 3.10. The molecule has 1 amide bonds. The van der Waals surface area contributed by atoms with Crippen molar-refractivity contribution in [1.29, 1.82) is 0 Å². The molecule has 0 fully saturated rings. The molecule has 0 aliphatic carbocycles. The molecule has 0 unspecified atom stereocenters. The molecular weight excluding hydrogens is 300 g/mol. The SMILES string of the molecule is Cc1cc2ncc(C(=O)N[C@@H](C)CCc3ccccc3)c(C)n2n1. The number of nitrogens with one attached hydrogen (secondary N) is 1. The molecule has 3 aromatic rings. The quantitative estimate of drug-likeness (QED) is 0.785. The first-order valence-electron chi connectivity index (χ1n) is 8.21. The molecule has 2 aromatic heterocycles. The van der Waals surface area contributed by atoms with Crippen LogP contribution in [0.1, 0.15) is 40.7 Å². The summed E-state index contributed by atoms with van der Waals surface area (Å²) in [5.41, 5.74) is 4.31. The molecule has 3 rings (SSSR count). The third-order valence-corrected chi connectivity index (χ3v) is 4.18. The van der Waals surface area contributed by atoms with E-state index in [0.29, 0.717) is 5.56 Å². The van der Waals surface area contributed by atoms with Crippen molar-refractivity contribution in [3.63, 3.8) is 0 Å². The fourth-order valence-electron chi connectivity index (χ4n) is 2.79. The highest BCUT2D eigenvalue weighted by molar-refractivity contribution is 5.95. The van der Waals surface area contributed by atoms with Gasteiger partial charge in [0.25, 0.3) is 5.91 Å². The van der Waals surface area contributed by atoms with Gasteiger partial charge in [0.05, 0.1) is 17.0 Å².